The van der Waals surface area contributed by atoms with Crippen LogP contribution in [-0.2, 0) is 4.79 Å². The van der Waals surface area contributed by atoms with Gasteiger partial charge >= 0.3 is 0 Å². The van der Waals surface area contributed by atoms with Gasteiger partial charge in [-0.2, -0.15) is 5.26 Å². The number of aliphatic hydroxyl groups is 1. The fraction of sp³-hybridized carbons (Fsp3) is 0.714. The first kappa shape index (κ1) is 9.12. The van der Waals surface area contributed by atoms with Gasteiger partial charge in [-0.3, -0.25) is 4.79 Å². The highest BCUT2D eigenvalue weighted by Gasteiger charge is 2.27. The lowest BCUT2D eigenvalue weighted by Gasteiger charge is -2.16. The van der Waals surface area contributed by atoms with Crippen LogP contribution in [0.5, 0.6) is 0 Å². The van der Waals surface area contributed by atoms with E-state index in [0.29, 0.717) is 0 Å². The summed E-state index contributed by atoms with van der Waals surface area (Å²) in [7, 11) is 0. The Morgan fingerprint density at radius 1 is 1.60 bits per heavy atom. The number of ketones is 1. The first-order valence-electron chi connectivity index (χ1n) is 3.01. The van der Waals surface area contributed by atoms with Crippen molar-refractivity contribution in [2.45, 2.75) is 26.9 Å². The van der Waals surface area contributed by atoms with Crippen molar-refractivity contribution in [1.29, 1.82) is 5.26 Å². The highest BCUT2D eigenvalue weighted by Crippen LogP contribution is 2.16. The van der Waals surface area contributed by atoms with E-state index in [0.717, 1.165) is 0 Å². The molecule has 0 radical (unpaired) electrons. The van der Waals surface area contributed by atoms with Gasteiger partial charge in [0.2, 0.25) is 0 Å². The third-order valence-electron chi connectivity index (χ3n) is 1.11. The molecular formula is C7H11NO2. The molecule has 0 aromatic rings. The molecule has 0 fully saturated rings. The topological polar surface area (TPSA) is 61.1 Å². The van der Waals surface area contributed by atoms with Crippen LogP contribution in [0.2, 0.25) is 0 Å². The van der Waals surface area contributed by atoms with E-state index in [4.69, 9.17) is 10.4 Å². The van der Waals surface area contributed by atoms with Crippen molar-refractivity contribution in [1.82, 2.24) is 0 Å². The largest absolute Gasteiger partial charge is 0.372 e. The maximum Gasteiger partial charge on any atom is 0.199 e. The molecule has 0 spiro atoms. The smallest absolute Gasteiger partial charge is 0.199 e. The van der Waals surface area contributed by atoms with Crippen LogP contribution in [0.1, 0.15) is 20.8 Å². The summed E-state index contributed by atoms with van der Waals surface area (Å²) in [5, 5.41) is 16.9. The minimum absolute atomic E-state index is 0.435. The molecule has 1 N–H and O–H groups in total. The van der Waals surface area contributed by atoms with Crippen molar-refractivity contribution in [2.75, 3.05) is 0 Å². The quantitative estimate of drug-likeness (QED) is 0.540. The van der Waals surface area contributed by atoms with E-state index in [1.54, 1.807) is 20.8 Å². The van der Waals surface area contributed by atoms with Gasteiger partial charge in [0, 0.05) is 5.41 Å². The second-order valence-corrected chi connectivity index (χ2v) is 3.15. The Bertz CT molecular complexity index is 173. The van der Waals surface area contributed by atoms with Gasteiger partial charge in [0.15, 0.2) is 11.9 Å². The van der Waals surface area contributed by atoms with Gasteiger partial charge < -0.3 is 5.11 Å². The van der Waals surface area contributed by atoms with Gasteiger partial charge in [0.25, 0.3) is 0 Å². The summed E-state index contributed by atoms with van der Waals surface area (Å²) >= 11 is 0. The molecule has 10 heavy (non-hydrogen) atoms. The predicted molar refractivity (Wildman–Crippen MR) is 36.1 cm³/mol. The standard InChI is InChI=1S/C7H11NO2/c1-7(2,3)6(10)5(9)4-8/h5,9H,1-3H3. The lowest BCUT2D eigenvalue weighted by molar-refractivity contribution is -0.132. The third-order valence-corrected chi connectivity index (χ3v) is 1.11. The van der Waals surface area contributed by atoms with Crippen LogP contribution in [0, 0.1) is 16.7 Å². The maximum absolute atomic E-state index is 10.9. The summed E-state index contributed by atoms with van der Waals surface area (Å²) in [6, 6.07) is 1.48. The number of carbonyl (C=O) groups is 1. The van der Waals surface area contributed by atoms with E-state index in [-0.39, 0.29) is 0 Å². The third kappa shape index (κ3) is 2.16. The molecule has 0 heterocycles. The summed E-state index contributed by atoms with van der Waals surface area (Å²) < 4.78 is 0. The Hall–Kier alpha value is -0.880. The first-order valence-corrected chi connectivity index (χ1v) is 3.01. The molecule has 0 aliphatic carbocycles. The van der Waals surface area contributed by atoms with Crippen LogP contribution >= 0.6 is 0 Å². The number of aliphatic hydroxyl groups excluding tert-OH is 1. The van der Waals surface area contributed by atoms with Crippen LogP contribution < -0.4 is 0 Å². The zero-order chi connectivity index (χ0) is 8.36. The van der Waals surface area contributed by atoms with Gasteiger partial charge in [-0.1, -0.05) is 20.8 Å². The molecule has 0 saturated heterocycles. The van der Waals surface area contributed by atoms with Crippen LogP contribution in [0.4, 0.5) is 0 Å². The fourth-order valence-corrected chi connectivity index (χ4v) is 0.469. The van der Waals surface area contributed by atoms with Gasteiger partial charge in [-0.15, -0.1) is 0 Å². The normalized spacial score (nSPS) is 13.9. The van der Waals surface area contributed by atoms with E-state index >= 15 is 0 Å². The zero-order valence-corrected chi connectivity index (χ0v) is 6.38. The Balaban J connectivity index is 4.27. The number of carbonyl (C=O) groups excluding carboxylic acids is 1. The molecule has 0 aromatic carbocycles. The summed E-state index contributed by atoms with van der Waals surface area (Å²) in [5.74, 6) is -0.435. The Morgan fingerprint density at radius 3 is 2.10 bits per heavy atom. The molecule has 3 heteroatoms. The Morgan fingerprint density at radius 2 is 2.00 bits per heavy atom. The molecule has 0 bridgehead atoms. The lowest BCUT2D eigenvalue weighted by atomic mass is 9.88. The monoisotopic (exact) mass is 141 g/mol. The van der Waals surface area contributed by atoms with E-state index in [1.165, 1.54) is 6.07 Å². The summed E-state index contributed by atoms with van der Waals surface area (Å²) in [6.45, 7) is 4.99. The molecule has 56 valence electrons. The Kier molecular flexibility index (Phi) is 2.56. The number of nitrogens with zero attached hydrogens (tertiary/aromatic N) is 1. The first-order chi connectivity index (χ1) is 4.39. The molecular weight excluding hydrogens is 130 g/mol. The lowest BCUT2D eigenvalue weighted by Crippen LogP contribution is -2.31. The van der Waals surface area contributed by atoms with Crippen molar-refractivity contribution in [3.05, 3.63) is 0 Å². The van der Waals surface area contributed by atoms with Crippen LogP contribution in [0.3, 0.4) is 0 Å². The van der Waals surface area contributed by atoms with Crippen LogP contribution in [0.25, 0.3) is 0 Å². The second kappa shape index (κ2) is 2.80. The molecule has 0 aliphatic heterocycles. The van der Waals surface area contributed by atoms with Crippen LogP contribution in [-0.4, -0.2) is 17.0 Å². The number of hydrogen-bond donors (Lipinski definition) is 1. The predicted octanol–water partition coefficient (Wildman–Crippen LogP) is 0.486. The summed E-state index contributed by atoms with van der Waals surface area (Å²) in [4.78, 5) is 10.9. The van der Waals surface area contributed by atoms with Crippen LogP contribution in [0.15, 0.2) is 0 Å². The highest BCUT2D eigenvalue weighted by atomic mass is 16.3. The van der Waals surface area contributed by atoms with Gasteiger partial charge in [0.05, 0.1) is 0 Å². The van der Waals surface area contributed by atoms with Crippen molar-refractivity contribution in [2.24, 2.45) is 5.41 Å². The SMILES string of the molecule is CC(C)(C)C(=O)C(O)C#N. The number of rotatable bonds is 1. The summed E-state index contributed by atoms with van der Waals surface area (Å²) in [5.41, 5.74) is -0.630. The molecule has 0 amide bonds. The zero-order valence-electron chi connectivity index (χ0n) is 6.38. The molecule has 1 atom stereocenters. The molecule has 0 saturated carbocycles. The number of nitriles is 1. The van der Waals surface area contributed by atoms with Crippen molar-refractivity contribution >= 4 is 5.78 Å². The minimum Gasteiger partial charge on any atom is -0.372 e. The van der Waals surface area contributed by atoms with Crippen molar-refractivity contribution in [3.8, 4) is 6.07 Å². The molecule has 3 nitrogen and oxygen atoms in total. The molecule has 1 unspecified atom stereocenters. The molecule has 0 rings (SSSR count). The Labute approximate surface area is 60.3 Å². The minimum atomic E-state index is -1.47. The highest BCUT2D eigenvalue weighted by molar-refractivity contribution is 5.89. The second-order valence-electron chi connectivity index (χ2n) is 3.15. The van der Waals surface area contributed by atoms with Gasteiger partial charge in [-0.25, -0.2) is 0 Å². The fourth-order valence-electron chi connectivity index (χ4n) is 0.469. The average molecular weight is 141 g/mol. The van der Waals surface area contributed by atoms with Crippen molar-refractivity contribution in [3.63, 3.8) is 0 Å². The maximum atomic E-state index is 10.9. The number of hydrogen-bond acceptors (Lipinski definition) is 3. The summed E-state index contributed by atoms with van der Waals surface area (Å²) in [6.07, 6.45) is -1.47. The molecule has 0 aromatic heterocycles. The van der Waals surface area contributed by atoms with Gasteiger partial charge in [-0.05, 0) is 0 Å². The van der Waals surface area contributed by atoms with Crippen molar-refractivity contribution < 1.29 is 9.90 Å². The van der Waals surface area contributed by atoms with E-state index < -0.39 is 17.3 Å². The molecule has 0 aliphatic rings. The van der Waals surface area contributed by atoms with E-state index in [9.17, 15) is 4.79 Å². The average Bonchev–Trinajstić information content (AvgIpc) is 1.83. The van der Waals surface area contributed by atoms with Gasteiger partial charge in [0.1, 0.15) is 6.07 Å². The van der Waals surface area contributed by atoms with E-state index in [2.05, 4.69) is 0 Å². The number of Topliss-reactive ketones (excluding diaryl/α,β-unsaturated/α-hetero) is 1. The van der Waals surface area contributed by atoms with E-state index in [1.807, 2.05) is 0 Å².